The van der Waals surface area contributed by atoms with E-state index in [0.29, 0.717) is 117 Å². The van der Waals surface area contributed by atoms with Crippen LogP contribution < -0.4 is 83.3 Å². The van der Waals surface area contributed by atoms with Crippen LogP contribution in [-0.4, -0.2) is 285 Å². The average molecular weight is 1940 g/mol. The maximum atomic E-state index is 13.3. The number of Topliss-reactive ketones (excluding diaryl/α,β-unsaturated/α-hetero) is 1. The van der Waals surface area contributed by atoms with E-state index in [0.717, 1.165) is 37.5 Å². The van der Waals surface area contributed by atoms with Crippen molar-refractivity contribution < 1.29 is 42.2 Å². The van der Waals surface area contributed by atoms with Gasteiger partial charge in [0.25, 0.3) is 10.1 Å². The first-order valence-electron chi connectivity index (χ1n) is 42.6. The molecule has 1 saturated heterocycles. The highest BCUT2D eigenvalue weighted by Gasteiger charge is 2.29. The molecule has 58 nitrogen and oxygen atoms in total. The van der Waals surface area contributed by atoms with Crippen LogP contribution in [0.4, 0.5) is 47.1 Å². The molecule has 18 heterocycles. The molecule has 0 spiro atoms. The minimum absolute atomic E-state index is 0.00214. The fourth-order valence-electron chi connectivity index (χ4n) is 15.3. The molecule has 0 radical (unpaired) electrons. The summed E-state index contributed by atoms with van der Waals surface area (Å²) in [6.45, 7) is 6.98. The molecule has 1 aliphatic heterocycles. The number of aromatic nitrogens is 34. The van der Waals surface area contributed by atoms with Crippen LogP contribution in [0.5, 0.6) is 5.75 Å². The van der Waals surface area contributed by atoms with Crippen LogP contribution in [0, 0.1) is 6.92 Å². The number of nitrogens with two attached hydrogens (primary N) is 6. The molecule has 0 unspecified atom stereocenters. The Balaban J connectivity index is 0.000000130. The Morgan fingerprint density at radius 2 is 0.821 bits per heavy atom. The number of nitrogens with zero attached hydrogens (tertiary/aromatic N) is 36. The van der Waals surface area contributed by atoms with E-state index in [-0.39, 0.29) is 157 Å². The molecule has 726 valence electrons. The standard InChI is InChI=1S/C26H31N11O3.C20H19N9O4S.C14H16N8O3.C13H13N9O2.C8H13N7O2/c1-33-21-23(31-25(27)37-24(21)30-22(32-37)20-17-28-7-8-29-20)36(26(33)38)14-11-34-9-12-35(13-10-34)18-3-5-19(6-4-18)40-16-15-39-2;1-12-3-5-13(6-4-12)34(31,32)33-10-9-28-17-15(27(2)20(28)30)18-24-16(14-11-22-7-8-23-14)26-29(18)19(21)25-17;1-21-10-11(18-7-9(24)8-6-16-2-3-17-8)19-13(15)20-12(10)22(4-5-23)14(21)25;1-20-8-10(21(4-5-23)13(20)24)18-12(14)22-11(8)17-9(19-22)7-6-15-2-3-16-7;1-14-4-5(13-10)11-7(9)12-6(4)15(2-3-16)8(14)17/h3-8,17H,9-16H2,1-2H3,(H2,27,31);3-8,11H,9-10H2,1-2H3,(H2,21,25);2-3,6,23H,4-5,7H2,1H3,(H3,15,18,19,20);2-3,6,23H,4-5H2,1H3,(H2,14,18);16H,2-3,10H2,1H3,(H3,9,11,12,13). The molecule has 0 bridgehead atoms. The molecule has 59 heteroatoms. The molecule has 0 atom stereocenters. The Hall–Kier alpha value is -17.5. The first kappa shape index (κ1) is 95.6. The lowest BCUT2D eigenvalue weighted by atomic mass is 10.2. The number of carbonyl (C=O) groups excluding carboxylic acids is 1. The Bertz CT molecular complexity index is 8230. The summed E-state index contributed by atoms with van der Waals surface area (Å²) >= 11 is 0. The van der Waals surface area contributed by atoms with E-state index in [1.807, 2.05) is 19.1 Å². The van der Waals surface area contributed by atoms with Crippen molar-refractivity contribution >= 4 is 136 Å². The summed E-state index contributed by atoms with van der Waals surface area (Å²) in [6.07, 6.45) is 18.1. The van der Waals surface area contributed by atoms with Crippen molar-refractivity contribution in [2.75, 3.05) is 130 Å². The number of imidazole rings is 5. The van der Waals surface area contributed by atoms with E-state index < -0.39 is 15.8 Å². The molecule has 20 rings (SSSR count). The van der Waals surface area contributed by atoms with Gasteiger partial charge in [0.1, 0.15) is 62.7 Å². The number of hydrogen-bond donors (Lipinski definition) is 11. The van der Waals surface area contributed by atoms with Gasteiger partial charge in [0.2, 0.25) is 53.0 Å². The second-order valence-electron chi connectivity index (χ2n) is 30.8. The van der Waals surface area contributed by atoms with Crippen LogP contribution in [0.25, 0.3) is 107 Å². The van der Waals surface area contributed by atoms with Gasteiger partial charge < -0.3 is 69.1 Å². The first-order chi connectivity index (χ1) is 67.5. The number of ether oxygens (including phenoxy) is 2. The summed E-state index contributed by atoms with van der Waals surface area (Å²) in [5.41, 5.74) is 39.1. The van der Waals surface area contributed by atoms with E-state index in [1.165, 1.54) is 117 Å². The van der Waals surface area contributed by atoms with Gasteiger partial charge in [-0.1, -0.05) is 17.7 Å². The van der Waals surface area contributed by atoms with Crippen molar-refractivity contribution in [3.63, 3.8) is 0 Å². The van der Waals surface area contributed by atoms with Crippen molar-refractivity contribution in [1.29, 1.82) is 0 Å². The van der Waals surface area contributed by atoms with Gasteiger partial charge in [0, 0.05) is 137 Å². The van der Waals surface area contributed by atoms with E-state index >= 15 is 0 Å². The summed E-state index contributed by atoms with van der Waals surface area (Å²) < 4.78 is 58.8. The number of rotatable bonds is 27. The van der Waals surface area contributed by atoms with E-state index in [4.69, 9.17) is 58.4 Å². The van der Waals surface area contributed by atoms with Crippen molar-refractivity contribution in [2.45, 2.75) is 44.5 Å². The molecule has 17 aromatic heterocycles. The van der Waals surface area contributed by atoms with Crippen molar-refractivity contribution in [1.82, 2.24) is 169 Å². The number of hydrogen-bond acceptors (Lipinski definition) is 45. The number of fused-ring (bicyclic) bond motifs is 11. The minimum atomic E-state index is -3.98. The van der Waals surface area contributed by atoms with Gasteiger partial charge in [0.15, 0.2) is 56.8 Å². The zero-order valence-corrected chi connectivity index (χ0v) is 76.7. The quantitative estimate of drug-likeness (QED) is 0.00793. The molecular formula is C81H92N44O14S. The smallest absolute Gasteiger partial charge is 0.330 e. The number of benzene rings is 2. The highest BCUT2D eigenvalue weighted by Crippen LogP contribution is 2.29. The Kier molecular flexibility index (Phi) is 28.0. The third kappa shape index (κ3) is 19.2. The predicted octanol–water partition coefficient (Wildman–Crippen LogP) is -3.22. The second-order valence-corrected chi connectivity index (χ2v) is 32.4. The molecule has 0 amide bonds. The summed E-state index contributed by atoms with van der Waals surface area (Å²) in [5.74, 6) is 7.50. The number of ketones is 1. The van der Waals surface area contributed by atoms with Gasteiger partial charge in [-0.25, -0.2) is 64.7 Å². The lowest BCUT2D eigenvalue weighted by Gasteiger charge is -2.36. The number of piperazine rings is 1. The second kappa shape index (κ2) is 40.9. The van der Waals surface area contributed by atoms with Crippen LogP contribution >= 0.6 is 0 Å². The number of anilines is 8. The maximum Gasteiger partial charge on any atom is 0.330 e. The molecule has 17 N–H and O–H groups in total. The number of aryl methyl sites for hydroxylation is 6. The van der Waals surface area contributed by atoms with Crippen LogP contribution in [0.15, 0.2) is 152 Å². The summed E-state index contributed by atoms with van der Waals surface area (Å²) in [5, 5.41) is 43.2. The molecule has 19 aromatic rings. The molecular weight excluding hydrogens is 1850 g/mol. The first-order valence-corrected chi connectivity index (χ1v) is 44.0. The maximum absolute atomic E-state index is 13.3. The summed E-state index contributed by atoms with van der Waals surface area (Å²) in [4.78, 5) is 155. The van der Waals surface area contributed by atoms with Crippen LogP contribution in [-0.2, 0) is 87.0 Å². The third-order valence-electron chi connectivity index (χ3n) is 22.1. The topological polar surface area (TPSA) is 745 Å². The van der Waals surface area contributed by atoms with E-state index in [2.05, 4.69) is 138 Å². The van der Waals surface area contributed by atoms with Crippen molar-refractivity contribution in [3.8, 4) is 40.3 Å². The number of aliphatic hydroxyl groups is 3. The lowest BCUT2D eigenvalue weighted by Crippen LogP contribution is -2.47. The highest BCUT2D eigenvalue weighted by atomic mass is 32.2. The number of hydrazine groups is 1. The molecule has 0 saturated carbocycles. The average Bonchev–Trinajstić information content (AvgIpc) is 1.58. The van der Waals surface area contributed by atoms with E-state index in [9.17, 15) is 42.3 Å². The monoisotopic (exact) mass is 1940 g/mol. The largest absolute Gasteiger partial charge is 0.491 e. The van der Waals surface area contributed by atoms with Gasteiger partial charge >= 0.3 is 28.4 Å². The number of nitrogen functional groups attached to an aromatic ring is 6. The Morgan fingerprint density at radius 1 is 0.429 bits per heavy atom. The van der Waals surface area contributed by atoms with Crippen molar-refractivity contribution in [2.24, 2.45) is 41.1 Å². The van der Waals surface area contributed by atoms with Crippen LogP contribution in [0.2, 0.25) is 0 Å². The zero-order valence-electron chi connectivity index (χ0n) is 75.9. The number of methoxy groups -OCH3 is 1. The predicted molar refractivity (Wildman–Crippen MR) is 506 cm³/mol. The summed E-state index contributed by atoms with van der Waals surface area (Å²) in [6, 6.07) is 14.4. The SMILES string of the molecule is COCCOc1ccc(N2CCN(CCn3c(=O)n(C)c4c3nc(N)n3nc(-c5cnccn5)nc43)CC2)cc1.Cc1ccc(S(=O)(=O)OCCn2c(=O)n(C)c3c2nc(N)n2nc(-c4cnccn4)nc32)cc1.Cn1c(=O)n(CCO)c2nc(N)n3nc(-c4cnccn4)nc3c21.Cn1c(=O)n(CCO)c2nc(N)nc(NCC(=O)c3cnccn3)c21.Cn1c(=O)n(CCO)c2nc(N)nc(NN)c21. The van der Waals surface area contributed by atoms with Crippen molar-refractivity contribution in [3.05, 3.63) is 187 Å². The molecule has 1 fully saturated rings. The third-order valence-corrected chi connectivity index (χ3v) is 23.4. The van der Waals surface area contributed by atoms with Gasteiger partial charge in [-0.2, -0.15) is 56.9 Å². The number of aliphatic hydroxyl groups excluding tert-OH is 3. The van der Waals surface area contributed by atoms with Gasteiger partial charge in [0.05, 0.1) is 95.4 Å². The lowest BCUT2D eigenvalue weighted by molar-refractivity contribution is 0.100. The normalized spacial score (nSPS) is 12.3. The van der Waals surface area contributed by atoms with Gasteiger partial charge in [-0.3, -0.25) is 79.5 Å². The summed E-state index contributed by atoms with van der Waals surface area (Å²) in [7, 11) is 5.66. The zero-order chi connectivity index (χ0) is 99.1. The molecule has 1 aliphatic rings. The Morgan fingerprint density at radius 3 is 1.22 bits per heavy atom. The fraction of sp³-hybridized carbons (Fsp3) is 0.296. The highest BCUT2D eigenvalue weighted by molar-refractivity contribution is 7.86. The molecule has 0 aliphatic carbocycles. The van der Waals surface area contributed by atoms with E-state index in [1.54, 1.807) is 88.4 Å². The fourth-order valence-corrected chi connectivity index (χ4v) is 16.2. The van der Waals surface area contributed by atoms with Crippen LogP contribution in [0.3, 0.4) is 0 Å². The van der Waals surface area contributed by atoms with Gasteiger partial charge in [-0.15, -0.1) is 15.3 Å². The number of nitrogens with one attached hydrogen (secondary N) is 2. The molecule has 140 heavy (non-hydrogen) atoms. The number of carbonyl (C=O) groups is 1. The molecule has 2 aromatic carbocycles. The Labute approximate surface area is 786 Å². The van der Waals surface area contributed by atoms with Gasteiger partial charge in [-0.05, 0) is 43.3 Å². The van der Waals surface area contributed by atoms with Crippen LogP contribution in [0.1, 0.15) is 16.1 Å². The minimum Gasteiger partial charge on any atom is -0.491 e.